The maximum atomic E-state index is 12.0. The number of nitrogens with one attached hydrogen (secondary N) is 1. The summed E-state index contributed by atoms with van der Waals surface area (Å²) in [6.45, 7) is 0. The fourth-order valence-corrected chi connectivity index (χ4v) is 2.83. The van der Waals surface area contributed by atoms with Crippen LogP contribution in [0.15, 0.2) is 78.0 Å². The van der Waals surface area contributed by atoms with Crippen LogP contribution in [-0.4, -0.2) is 26.7 Å². The SMILES string of the molecule is O=C(CC[C@@H](O)c1ccccc1)N/N=C\c1cccn1-c1cccc([N+](=O)[O-])c1. The molecule has 3 rings (SSSR count). The van der Waals surface area contributed by atoms with Crippen LogP contribution in [0.3, 0.4) is 0 Å². The molecule has 1 aromatic heterocycles. The van der Waals surface area contributed by atoms with E-state index in [0.717, 1.165) is 5.56 Å². The molecule has 2 N–H and O–H groups in total. The summed E-state index contributed by atoms with van der Waals surface area (Å²) in [5.74, 6) is -0.315. The number of hydrogen-bond donors (Lipinski definition) is 2. The minimum Gasteiger partial charge on any atom is -0.388 e. The Labute approximate surface area is 167 Å². The number of aliphatic hydroxyl groups excluding tert-OH is 1. The molecule has 148 valence electrons. The number of amides is 1. The first-order valence-corrected chi connectivity index (χ1v) is 9.01. The Morgan fingerprint density at radius 1 is 1.17 bits per heavy atom. The third-order valence-electron chi connectivity index (χ3n) is 4.31. The van der Waals surface area contributed by atoms with Crippen molar-refractivity contribution in [2.45, 2.75) is 18.9 Å². The summed E-state index contributed by atoms with van der Waals surface area (Å²) in [5.41, 5.74) is 4.45. The van der Waals surface area contributed by atoms with Gasteiger partial charge in [-0.1, -0.05) is 36.4 Å². The number of nitrogens with zero attached hydrogens (tertiary/aromatic N) is 3. The molecule has 1 heterocycles. The van der Waals surface area contributed by atoms with Gasteiger partial charge in [-0.15, -0.1) is 0 Å². The number of benzene rings is 2. The van der Waals surface area contributed by atoms with E-state index in [4.69, 9.17) is 0 Å². The number of hydrogen-bond acceptors (Lipinski definition) is 5. The Morgan fingerprint density at radius 3 is 2.72 bits per heavy atom. The maximum Gasteiger partial charge on any atom is 0.271 e. The monoisotopic (exact) mass is 392 g/mol. The Morgan fingerprint density at radius 2 is 1.97 bits per heavy atom. The molecule has 0 spiro atoms. The van der Waals surface area contributed by atoms with Gasteiger partial charge in [-0.25, -0.2) is 5.43 Å². The van der Waals surface area contributed by atoms with E-state index in [1.165, 1.54) is 18.3 Å². The number of aromatic nitrogens is 1. The minimum atomic E-state index is -0.711. The number of rotatable bonds is 8. The number of nitro benzene ring substituents is 1. The summed E-state index contributed by atoms with van der Waals surface area (Å²) in [6.07, 6.45) is 2.91. The molecule has 1 atom stereocenters. The highest BCUT2D eigenvalue weighted by Gasteiger charge is 2.10. The van der Waals surface area contributed by atoms with Crippen molar-refractivity contribution in [1.29, 1.82) is 0 Å². The third kappa shape index (κ3) is 5.36. The van der Waals surface area contributed by atoms with E-state index in [1.807, 2.05) is 30.3 Å². The molecule has 0 aliphatic rings. The Hall–Kier alpha value is -3.78. The number of nitro groups is 1. The predicted octanol–water partition coefficient (Wildman–Crippen LogP) is 3.35. The number of carbonyl (C=O) groups is 1. The van der Waals surface area contributed by atoms with Crippen molar-refractivity contribution in [3.8, 4) is 5.69 Å². The van der Waals surface area contributed by atoms with Gasteiger partial charge in [0.2, 0.25) is 5.91 Å². The first-order chi connectivity index (χ1) is 14.0. The van der Waals surface area contributed by atoms with Gasteiger partial charge in [-0.3, -0.25) is 14.9 Å². The van der Waals surface area contributed by atoms with Gasteiger partial charge in [0.1, 0.15) is 0 Å². The fraction of sp³-hybridized carbons (Fsp3) is 0.143. The van der Waals surface area contributed by atoms with Gasteiger partial charge >= 0.3 is 0 Å². The van der Waals surface area contributed by atoms with Crippen LogP contribution in [0.5, 0.6) is 0 Å². The van der Waals surface area contributed by atoms with E-state index in [0.29, 0.717) is 11.4 Å². The van der Waals surface area contributed by atoms with Crippen molar-refractivity contribution in [3.63, 3.8) is 0 Å². The predicted molar refractivity (Wildman–Crippen MR) is 109 cm³/mol. The molecule has 0 unspecified atom stereocenters. The molecule has 0 fully saturated rings. The minimum absolute atomic E-state index is 0.00985. The maximum absolute atomic E-state index is 12.0. The van der Waals surface area contributed by atoms with Crippen LogP contribution in [0.4, 0.5) is 5.69 Å². The summed E-state index contributed by atoms with van der Waals surface area (Å²) in [4.78, 5) is 22.5. The standard InChI is InChI=1S/C21H20N4O4/c26-20(16-6-2-1-3-7-16)11-12-21(27)23-22-15-19-10-5-13-24(19)17-8-4-9-18(14-17)25(28)29/h1-10,13-15,20,26H,11-12H2,(H,23,27)/b22-15-/t20-/m1/s1. The zero-order valence-electron chi connectivity index (χ0n) is 15.5. The van der Waals surface area contributed by atoms with E-state index in [2.05, 4.69) is 10.5 Å². The topological polar surface area (TPSA) is 110 Å². The average molecular weight is 392 g/mol. The average Bonchev–Trinajstić information content (AvgIpc) is 3.21. The largest absolute Gasteiger partial charge is 0.388 e. The molecule has 0 saturated carbocycles. The summed E-state index contributed by atoms with van der Waals surface area (Å²) in [7, 11) is 0. The summed E-state index contributed by atoms with van der Waals surface area (Å²) in [6, 6.07) is 18.9. The van der Waals surface area contributed by atoms with E-state index >= 15 is 0 Å². The van der Waals surface area contributed by atoms with E-state index < -0.39 is 11.0 Å². The number of aliphatic hydroxyl groups is 1. The molecule has 3 aromatic rings. The molecular weight excluding hydrogens is 372 g/mol. The Balaban J connectivity index is 1.57. The molecule has 0 aliphatic heterocycles. The van der Waals surface area contributed by atoms with Gasteiger partial charge in [0.15, 0.2) is 0 Å². The number of carbonyl (C=O) groups excluding carboxylic acids is 1. The van der Waals surface area contributed by atoms with Gasteiger partial charge in [-0.05, 0) is 30.2 Å². The molecule has 8 nitrogen and oxygen atoms in total. The van der Waals surface area contributed by atoms with Crippen molar-refractivity contribution in [2.75, 3.05) is 0 Å². The van der Waals surface area contributed by atoms with Crippen LogP contribution in [0.2, 0.25) is 0 Å². The first-order valence-electron chi connectivity index (χ1n) is 9.01. The molecule has 0 aliphatic carbocycles. The van der Waals surface area contributed by atoms with E-state index in [9.17, 15) is 20.0 Å². The second-order valence-corrected chi connectivity index (χ2v) is 6.34. The van der Waals surface area contributed by atoms with Crippen molar-refractivity contribution in [1.82, 2.24) is 9.99 Å². The molecular formula is C21H20N4O4. The van der Waals surface area contributed by atoms with Crippen LogP contribution in [0.25, 0.3) is 5.69 Å². The summed E-state index contributed by atoms with van der Waals surface area (Å²) >= 11 is 0. The molecule has 1 amide bonds. The highest BCUT2D eigenvalue weighted by molar-refractivity contribution is 5.81. The molecule has 2 aromatic carbocycles. The van der Waals surface area contributed by atoms with E-state index in [1.54, 1.807) is 35.0 Å². The van der Waals surface area contributed by atoms with E-state index in [-0.39, 0.29) is 24.4 Å². The lowest BCUT2D eigenvalue weighted by atomic mass is 10.1. The number of hydrazone groups is 1. The highest BCUT2D eigenvalue weighted by atomic mass is 16.6. The smallest absolute Gasteiger partial charge is 0.271 e. The van der Waals surface area contributed by atoms with Crippen molar-refractivity contribution in [2.24, 2.45) is 5.10 Å². The quantitative estimate of drug-likeness (QED) is 0.348. The zero-order valence-corrected chi connectivity index (χ0v) is 15.5. The molecule has 29 heavy (non-hydrogen) atoms. The molecule has 0 radical (unpaired) electrons. The zero-order chi connectivity index (χ0) is 20.6. The summed E-state index contributed by atoms with van der Waals surface area (Å²) < 4.78 is 1.72. The van der Waals surface area contributed by atoms with Gasteiger partial charge < -0.3 is 9.67 Å². The van der Waals surface area contributed by atoms with Crippen LogP contribution < -0.4 is 5.43 Å². The van der Waals surface area contributed by atoms with Gasteiger partial charge in [0.25, 0.3) is 5.69 Å². The molecule has 0 bridgehead atoms. The first kappa shape index (κ1) is 20.0. The van der Waals surface area contributed by atoms with Gasteiger partial charge in [0.05, 0.1) is 28.6 Å². The van der Waals surface area contributed by atoms with Crippen LogP contribution in [-0.2, 0) is 4.79 Å². The van der Waals surface area contributed by atoms with Crippen molar-refractivity contribution >= 4 is 17.8 Å². The lowest BCUT2D eigenvalue weighted by Gasteiger charge is -2.09. The highest BCUT2D eigenvalue weighted by Crippen LogP contribution is 2.19. The third-order valence-corrected chi connectivity index (χ3v) is 4.31. The van der Waals surface area contributed by atoms with Crippen LogP contribution in [0, 0.1) is 10.1 Å². The Kier molecular flexibility index (Phi) is 6.49. The normalized spacial score (nSPS) is 12.0. The second kappa shape index (κ2) is 9.43. The van der Waals surface area contributed by atoms with Gasteiger partial charge in [0, 0.05) is 24.8 Å². The fourth-order valence-electron chi connectivity index (χ4n) is 2.83. The lowest BCUT2D eigenvalue weighted by Crippen LogP contribution is -2.18. The second-order valence-electron chi connectivity index (χ2n) is 6.34. The van der Waals surface area contributed by atoms with Crippen LogP contribution in [0.1, 0.15) is 30.2 Å². The summed E-state index contributed by atoms with van der Waals surface area (Å²) in [5, 5.41) is 25.0. The Bertz CT molecular complexity index is 1010. The lowest BCUT2D eigenvalue weighted by molar-refractivity contribution is -0.384. The van der Waals surface area contributed by atoms with Crippen molar-refractivity contribution < 1.29 is 14.8 Å². The molecule has 8 heteroatoms. The van der Waals surface area contributed by atoms with Gasteiger partial charge in [-0.2, -0.15) is 5.10 Å². The number of non-ortho nitro benzene ring substituents is 1. The van der Waals surface area contributed by atoms with Crippen LogP contribution >= 0.6 is 0 Å². The molecule has 0 saturated heterocycles. The van der Waals surface area contributed by atoms with Crippen molar-refractivity contribution in [3.05, 3.63) is 94.3 Å².